The van der Waals surface area contributed by atoms with Crippen molar-refractivity contribution in [3.8, 4) is 5.75 Å². The lowest BCUT2D eigenvalue weighted by Crippen LogP contribution is -2.26. The van der Waals surface area contributed by atoms with Crippen molar-refractivity contribution >= 4 is 27.8 Å². The Hall–Kier alpha value is -2.76. The molecule has 0 unspecified atom stereocenters. The Morgan fingerprint density at radius 1 is 1.08 bits per heavy atom. The van der Waals surface area contributed by atoms with Gasteiger partial charge in [0, 0.05) is 30.2 Å². The first-order chi connectivity index (χ1) is 11.2. The van der Waals surface area contributed by atoms with E-state index in [4.69, 9.17) is 9.47 Å². The molecule has 0 amide bonds. The molecule has 0 fully saturated rings. The van der Waals surface area contributed by atoms with Crippen LogP contribution in [0.5, 0.6) is 5.75 Å². The molecule has 6 nitrogen and oxygen atoms in total. The lowest BCUT2D eigenvalue weighted by atomic mass is 10.1. The summed E-state index contributed by atoms with van der Waals surface area (Å²) < 4.78 is 13.5. The minimum absolute atomic E-state index is 0.162. The molecule has 0 spiro atoms. The van der Waals surface area contributed by atoms with Crippen molar-refractivity contribution in [1.82, 2.24) is 9.13 Å². The first-order valence-corrected chi connectivity index (χ1v) is 7.63. The number of nitrogens with zero attached hydrogens (tertiary/aromatic N) is 2. The van der Waals surface area contributed by atoms with Crippen LogP contribution in [-0.2, 0) is 11.8 Å². The summed E-state index contributed by atoms with van der Waals surface area (Å²) in [5, 5.41) is 2.00. The largest absolute Gasteiger partial charge is 0.497 e. The third-order valence-corrected chi connectivity index (χ3v) is 3.82. The van der Waals surface area contributed by atoms with Crippen LogP contribution in [0.2, 0.25) is 0 Å². The topological polar surface area (TPSA) is 62.5 Å². The van der Waals surface area contributed by atoms with Crippen molar-refractivity contribution in [2.75, 3.05) is 7.11 Å². The van der Waals surface area contributed by atoms with Crippen LogP contribution in [0.25, 0.3) is 21.7 Å². The maximum Gasteiger partial charge on any atom is 0.418 e. The highest BCUT2D eigenvalue weighted by atomic mass is 16.6. The molecule has 0 aliphatic rings. The Morgan fingerprint density at radius 2 is 1.75 bits per heavy atom. The molecule has 6 heteroatoms. The van der Waals surface area contributed by atoms with Crippen LogP contribution < -0.4 is 10.3 Å². The molecular weight excluding hydrogens is 308 g/mol. The molecule has 3 rings (SSSR count). The van der Waals surface area contributed by atoms with Gasteiger partial charge in [0.05, 0.1) is 18.0 Å². The second-order valence-corrected chi connectivity index (χ2v) is 6.72. The summed E-state index contributed by atoms with van der Waals surface area (Å²) in [6.07, 6.45) is 2.63. The Kier molecular flexibility index (Phi) is 3.63. The maximum absolute atomic E-state index is 12.6. The van der Waals surface area contributed by atoms with Gasteiger partial charge in [-0.3, -0.25) is 9.36 Å². The summed E-state index contributed by atoms with van der Waals surface area (Å²) in [4.78, 5) is 24.9. The molecule has 126 valence electrons. The van der Waals surface area contributed by atoms with Gasteiger partial charge in [-0.1, -0.05) is 0 Å². The summed E-state index contributed by atoms with van der Waals surface area (Å²) in [5.74, 6) is 0.687. The van der Waals surface area contributed by atoms with Gasteiger partial charge in [0.1, 0.15) is 11.4 Å². The van der Waals surface area contributed by atoms with Gasteiger partial charge in [-0.2, -0.15) is 0 Å². The van der Waals surface area contributed by atoms with Gasteiger partial charge in [0.2, 0.25) is 0 Å². The Labute approximate surface area is 139 Å². The van der Waals surface area contributed by atoms with Crippen molar-refractivity contribution in [1.29, 1.82) is 0 Å². The van der Waals surface area contributed by atoms with Gasteiger partial charge < -0.3 is 14.0 Å². The number of aromatic nitrogens is 2. The first-order valence-electron chi connectivity index (χ1n) is 7.63. The molecule has 2 aromatic heterocycles. The van der Waals surface area contributed by atoms with Crippen molar-refractivity contribution in [2.45, 2.75) is 26.4 Å². The van der Waals surface area contributed by atoms with Crippen LogP contribution in [0, 0.1) is 0 Å². The Bertz CT molecular complexity index is 1010. The zero-order valence-corrected chi connectivity index (χ0v) is 14.4. The van der Waals surface area contributed by atoms with E-state index in [1.165, 1.54) is 10.8 Å². The molecule has 0 radical (unpaired) electrons. The van der Waals surface area contributed by atoms with E-state index in [-0.39, 0.29) is 5.56 Å². The predicted molar refractivity (Wildman–Crippen MR) is 92.9 cm³/mol. The summed E-state index contributed by atoms with van der Waals surface area (Å²) in [5.41, 5.74) is 0.00396. The molecule has 0 bridgehead atoms. The molecule has 0 saturated heterocycles. The molecular formula is C18H20N2O4. The summed E-state index contributed by atoms with van der Waals surface area (Å²) in [6.45, 7) is 5.40. The van der Waals surface area contributed by atoms with E-state index in [0.717, 1.165) is 10.9 Å². The SMILES string of the molecule is COc1ccc2c(c1)c1cn(C(=O)OC(C)(C)C)cc1c(=O)n2C. The molecule has 0 N–H and O–H groups in total. The van der Waals surface area contributed by atoms with Crippen LogP contribution in [0.4, 0.5) is 4.79 Å². The van der Waals surface area contributed by atoms with Gasteiger partial charge in [0.15, 0.2) is 0 Å². The van der Waals surface area contributed by atoms with E-state index >= 15 is 0 Å². The third-order valence-electron chi connectivity index (χ3n) is 3.82. The van der Waals surface area contributed by atoms with E-state index < -0.39 is 11.7 Å². The highest BCUT2D eigenvalue weighted by Crippen LogP contribution is 2.27. The number of aryl methyl sites for hydroxylation is 1. The van der Waals surface area contributed by atoms with Gasteiger partial charge in [-0.05, 0) is 39.0 Å². The summed E-state index contributed by atoms with van der Waals surface area (Å²) in [7, 11) is 3.30. The zero-order valence-electron chi connectivity index (χ0n) is 14.4. The number of ether oxygens (including phenoxy) is 2. The number of pyridine rings is 1. The highest BCUT2D eigenvalue weighted by Gasteiger charge is 2.20. The molecule has 0 aliphatic carbocycles. The summed E-state index contributed by atoms with van der Waals surface area (Å²) in [6, 6.07) is 5.49. The lowest BCUT2D eigenvalue weighted by Gasteiger charge is -2.19. The second-order valence-electron chi connectivity index (χ2n) is 6.72. The van der Waals surface area contributed by atoms with E-state index in [0.29, 0.717) is 16.5 Å². The van der Waals surface area contributed by atoms with E-state index in [9.17, 15) is 9.59 Å². The molecule has 3 aromatic rings. The number of hydrogen-bond donors (Lipinski definition) is 0. The molecule has 0 atom stereocenters. The van der Waals surface area contributed by atoms with Crippen LogP contribution in [-0.4, -0.2) is 27.9 Å². The molecule has 2 heterocycles. The van der Waals surface area contributed by atoms with E-state index in [1.54, 1.807) is 51.8 Å². The smallest absolute Gasteiger partial charge is 0.418 e. The number of hydrogen-bond acceptors (Lipinski definition) is 4. The van der Waals surface area contributed by atoms with Gasteiger partial charge in [-0.25, -0.2) is 4.79 Å². The molecule has 24 heavy (non-hydrogen) atoms. The number of carbonyl (C=O) groups excluding carboxylic acids is 1. The average Bonchev–Trinajstić information content (AvgIpc) is 2.96. The van der Waals surface area contributed by atoms with Crippen LogP contribution in [0.1, 0.15) is 20.8 Å². The minimum Gasteiger partial charge on any atom is -0.497 e. The van der Waals surface area contributed by atoms with Crippen molar-refractivity contribution in [3.05, 3.63) is 40.9 Å². The van der Waals surface area contributed by atoms with Gasteiger partial charge in [0.25, 0.3) is 5.56 Å². The predicted octanol–water partition coefficient (Wildman–Crippen LogP) is 3.29. The fourth-order valence-electron chi connectivity index (χ4n) is 2.70. The maximum atomic E-state index is 12.6. The zero-order chi connectivity index (χ0) is 17.6. The average molecular weight is 328 g/mol. The Balaban J connectivity index is 2.28. The minimum atomic E-state index is -0.607. The summed E-state index contributed by atoms with van der Waals surface area (Å²) >= 11 is 0. The number of methoxy groups -OCH3 is 1. The van der Waals surface area contributed by atoms with E-state index in [2.05, 4.69) is 0 Å². The fourth-order valence-corrected chi connectivity index (χ4v) is 2.70. The standard InChI is InChI=1S/C18H20N2O4/c1-18(2,3)24-17(22)20-9-13-12-8-11(23-5)6-7-15(12)19(4)16(21)14(13)10-20/h6-10H,1-5H3. The quantitative estimate of drug-likeness (QED) is 0.688. The molecule has 0 aliphatic heterocycles. The first kappa shape index (κ1) is 16.1. The third kappa shape index (κ3) is 2.64. The fraction of sp³-hybridized carbons (Fsp3) is 0.333. The Morgan fingerprint density at radius 3 is 2.38 bits per heavy atom. The van der Waals surface area contributed by atoms with Crippen molar-refractivity contribution in [2.24, 2.45) is 7.05 Å². The van der Waals surface area contributed by atoms with Crippen molar-refractivity contribution in [3.63, 3.8) is 0 Å². The van der Waals surface area contributed by atoms with Gasteiger partial charge in [-0.15, -0.1) is 0 Å². The second kappa shape index (κ2) is 5.40. The lowest BCUT2D eigenvalue weighted by molar-refractivity contribution is 0.0538. The number of benzene rings is 1. The highest BCUT2D eigenvalue weighted by molar-refractivity contribution is 6.07. The molecule has 0 saturated carbocycles. The van der Waals surface area contributed by atoms with E-state index in [1.807, 2.05) is 12.1 Å². The van der Waals surface area contributed by atoms with Crippen molar-refractivity contribution < 1.29 is 14.3 Å². The molecule has 1 aromatic carbocycles. The van der Waals surface area contributed by atoms with Crippen LogP contribution in [0.15, 0.2) is 35.4 Å². The number of rotatable bonds is 1. The monoisotopic (exact) mass is 328 g/mol. The normalized spacial score (nSPS) is 11.9. The number of carbonyl (C=O) groups is 1. The van der Waals surface area contributed by atoms with Gasteiger partial charge >= 0.3 is 6.09 Å². The van der Waals surface area contributed by atoms with Crippen LogP contribution >= 0.6 is 0 Å². The number of fused-ring (bicyclic) bond motifs is 3. The van der Waals surface area contributed by atoms with Crippen LogP contribution in [0.3, 0.4) is 0 Å².